The van der Waals surface area contributed by atoms with Crippen molar-refractivity contribution in [2.45, 2.75) is 20.8 Å². The molecule has 15 heavy (non-hydrogen) atoms. The summed E-state index contributed by atoms with van der Waals surface area (Å²) in [6.45, 7) is 6.48. The van der Waals surface area contributed by atoms with E-state index in [2.05, 4.69) is 40.3 Å². The highest BCUT2D eigenvalue weighted by molar-refractivity contribution is 9.09. The molecule has 0 aromatic carbocycles. The summed E-state index contributed by atoms with van der Waals surface area (Å²) >= 11 is 3.40. The third kappa shape index (κ3) is 3.34. The van der Waals surface area contributed by atoms with Crippen molar-refractivity contribution in [3.05, 3.63) is 17.5 Å². The number of carbonyl (C=O) groups excluding carboxylic acids is 1. The van der Waals surface area contributed by atoms with E-state index in [1.54, 1.807) is 6.92 Å². The van der Waals surface area contributed by atoms with Gasteiger partial charge in [0, 0.05) is 11.9 Å². The van der Waals surface area contributed by atoms with Crippen LogP contribution in [0.5, 0.6) is 0 Å². The summed E-state index contributed by atoms with van der Waals surface area (Å²) in [5.41, 5.74) is 0.543. The van der Waals surface area contributed by atoms with Crippen LogP contribution in [0.25, 0.3) is 0 Å². The Hall–Kier alpha value is -0.840. The molecular weight excluding hydrogens is 260 g/mol. The number of hydrogen-bond donors (Lipinski definition) is 1. The van der Waals surface area contributed by atoms with E-state index in [9.17, 15) is 4.79 Å². The number of aryl methyl sites for hydroxylation is 1. The second kappa shape index (κ2) is 4.79. The van der Waals surface area contributed by atoms with E-state index in [1.807, 2.05) is 0 Å². The molecule has 5 heteroatoms. The Labute approximate surface area is 97.5 Å². The van der Waals surface area contributed by atoms with Gasteiger partial charge in [-0.3, -0.25) is 4.79 Å². The number of halogens is 1. The third-order valence-corrected chi connectivity index (χ3v) is 3.60. The molecule has 0 bridgehead atoms. The summed E-state index contributed by atoms with van der Waals surface area (Å²) < 4.78 is 4.82. The second-order valence-corrected chi connectivity index (χ2v) is 4.84. The molecule has 1 rings (SSSR count). The summed E-state index contributed by atoms with van der Waals surface area (Å²) in [7, 11) is 0. The van der Waals surface area contributed by atoms with E-state index in [1.165, 1.54) is 6.20 Å². The van der Waals surface area contributed by atoms with Crippen LogP contribution in [0.1, 0.15) is 30.0 Å². The Morgan fingerprint density at radius 2 is 2.33 bits per heavy atom. The second-order valence-electron chi connectivity index (χ2n) is 4.28. The molecule has 84 valence electrons. The molecule has 0 unspecified atom stereocenters. The van der Waals surface area contributed by atoms with Crippen LogP contribution in [0.4, 0.5) is 0 Å². The van der Waals surface area contributed by atoms with Gasteiger partial charge in [0.15, 0.2) is 0 Å². The van der Waals surface area contributed by atoms with Crippen LogP contribution in [0.2, 0.25) is 0 Å². The van der Waals surface area contributed by atoms with Gasteiger partial charge in [-0.05, 0) is 12.3 Å². The first-order chi connectivity index (χ1) is 6.96. The lowest BCUT2D eigenvalue weighted by Crippen LogP contribution is -2.34. The number of rotatable bonds is 4. The van der Waals surface area contributed by atoms with Gasteiger partial charge >= 0.3 is 0 Å². The molecule has 1 aromatic rings. The van der Waals surface area contributed by atoms with Gasteiger partial charge in [-0.1, -0.05) is 34.9 Å². The zero-order valence-corrected chi connectivity index (χ0v) is 10.7. The van der Waals surface area contributed by atoms with Crippen LogP contribution < -0.4 is 5.32 Å². The van der Waals surface area contributed by atoms with Crippen molar-refractivity contribution in [2.75, 3.05) is 11.9 Å². The summed E-state index contributed by atoms with van der Waals surface area (Å²) in [5, 5.41) is 7.25. The third-order valence-electron chi connectivity index (χ3n) is 2.08. The number of amides is 1. The van der Waals surface area contributed by atoms with Crippen LogP contribution in [-0.2, 0) is 0 Å². The monoisotopic (exact) mass is 274 g/mol. The number of alkyl halides is 1. The summed E-state index contributed by atoms with van der Waals surface area (Å²) in [6, 6.07) is 0. The van der Waals surface area contributed by atoms with Crippen LogP contribution >= 0.6 is 15.9 Å². The zero-order valence-electron chi connectivity index (χ0n) is 9.13. The van der Waals surface area contributed by atoms with Crippen molar-refractivity contribution in [2.24, 2.45) is 5.41 Å². The predicted octanol–water partition coefficient (Wildman–Crippen LogP) is 2.13. The van der Waals surface area contributed by atoms with E-state index in [4.69, 9.17) is 4.52 Å². The fraction of sp³-hybridized carbons (Fsp3) is 0.600. The summed E-state index contributed by atoms with van der Waals surface area (Å²) in [4.78, 5) is 11.7. The first kappa shape index (κ1) is 12.2. The minimum atomic E-state index is -0.136. The highest BCUT2D eigenvalue weighted by atomic mass is 79.9. The molecule has 0 saturated carbocycles. The Kier molecular flexibility index (Phi) is 3.90. The summed E-state index contributed by atoms with van der Waals surface area (Å²) in [6.07, 6.45) is 1.44. The van der Waals surface area contributed by atoms with Gasteiger partial charge in [0.1, 0.15) is 11.3 Å². The van der Waals surface area contributed by atoms with Crippen molar-refractivity contribution >= 4 is 21.8 Å². The quantitative estimate of drug-likeness (QED) is 0.856. The molecule has 1 N–H and O–H groups in total. The average Bonchev–Trinajstić information content (AvgIpc) is 2.61. The molecule has 0 radical (unpaired) electrons. The molecule has 0 atom stereocenters. The molecule has 0 spiro atoms. The van der Waals surface area contributed by atoms with Crippen LogP contribution in [0, 0.1) is 12.3 Å². The van der Waals surface area contributed by atoms with Crippen molar-refractivity contribution in [1.29, 1.82) is 0 Å². The summed E-state index contributed by atoms with van der Waals surface area (Å²) in [5.74, 6) is 0.409. The molecule has 1 amide bonds. The largest absolute Gasteiger partial charge is 0.361 e. The van der Waals surface area contributed by atoms with Crippen molar-refractivity contribution < 1.29 is 9.32 Å². The first-order valence-corrected chi connectivity index (χ1v) is 5.84. The van der Waals surface area contributed by atoms with Gasteiger partial charge in [0.2, 0.25) is 0 Å². The Morgan fingerprint density at radius 3 is 2.80 bits per heavy atom. The standard InChI is InChI=1S/C10H15BrN2O2/c1-7-8(4-13-15-7)9(14)12-6-10(2,3)5-11/h4H,5-6H2,1-3H3,(H,12,14). The van der Waals surface area contributed by atoms with Gasteiger partial charge in [-0.25, -0.2) is 0 Å². The number of nitrogens with zero attached hydrogens (tertiary/aromatic N) is 1. The van der Waals surface area contributed by atoms with Gasteiger partial charge in [0.25, 0.3) is 5.91 Å². The Morgan fingerprint density at radius 1 is 1.67 bits per heavy atom. The molecular formula is C10H15BrN2O2. The van der Waals surface area contributed by atoms with Gasteiger partial charge in [-0.2, -0.15) is 0 Å². The normalized spacial score (nSPS) is 11.5. The first-order valence-electron chi connectivity index (χ1n) is 4.72. The molecule has 0 aliphatic heterocycles. The molecule has 4 nitrogen and oxygen atoms in total. The van der Waals surface area contributed by atoms with E-state index >= 15 is 0 Å². The van der Waals surface area contributed by atoms with E-state index in [0.717, 1.165) is 5.33 Å². The van der Waals surface area contributed by atoms with Gasteiger partial charge in [0.05, 0.1) is 6.20 Å². The number of hydrogen-bond acceptors (Lipinski definition) is 3. The molecule has 0 aliphatic rings. The average molecular weight is 275 g/mol. The van der Waals surface area contributed by atoms with Gasteiger partial charge in [-0.15, -0.1) is 0 Å². The molecule has 1 heterocycles. The van der Waals surface area contributed by atoms with Crippen LogP contribution in [0.3, 0.4) is 0 Å². The lowest BCUT2D eigenvalue weighted by molar-refractivity contribution is 0.0938. The van der Waals surface area contributed by atoms with Crippen LogP contribution in [0.15, 0.2) is 10.7 Å². The van der Waals surface area contributed by atoms with E-state index in [-0.39, 0.29) is 11.3 Å². The fourth-order valence-corrected chi connectivity index (χ4v) is 1.18. The SMILES string of the molecule is Cc1oncc1C(=O)NCC(C)(C)CBr. The lowest BCUT2D eigenvalue weighted by atomic mass is 9.97. The molecule has 0 saturated heterocycles. The van der Waals surface area contributed by atoms with Crippen molar-refractivity contribution in [3.8, 4) is 0 Å². The fourth-order valence-electron chi connectivity index (χ4n) is 0.979. The topological polar surface area (TPSA) is 55.1 Å². The van der Waals surface area contributed by atoms with Crippen molar-refractivity contribution in [3.63, 3.8) is 0 Å². The zero-order chi connectivity index (χ0) is 11.5. The number of carbonyl (C=O) groups is 1. The lowest BCUT2D eigenvalue weighted by Gasteiger charge is -2.21. The van der Waals surface area contributed by atoms with Crippen molar-refractivity contribution in [1.82, 2.24) is 10.5 Å². The highest BCUT2D eigenvalue weighted by Gasteiger charge is 2.19. The smallest absolute Gasteiger partial charge is 0.256 e. The van der Waals surface area contributed by atoms with Gasteiger partial charge < -0.3 is 9.84 Å². The minimum absolute atomic E-state index is 0.0424. The molecule has 1 aromatic heterocycles. The maximum atomic E-state index is 11.7. The maximum Gasteiger partial charge on any atom is 0.256 e. The van der Waals surface area contributed by atoms with E-state index < -0.39 is 0 Å². The molecule has 0 fully saturated rings. The Balaban J connectivity index is 2.55. The maximum absolute atomic E-state index is 11.7. The number of aromatic nitrogens is 1. The van der Waals surface area contributed by atoms with Crippen LogP contribution in [-0.4, -0.2) is 22.9 Å². The van der Waals surface area contributed by atoms with E-state index in [0.29, 0.717) is 17.9 Å². The minimum Gasteiger partial charge on any atom is -0.361 e. The molecule has 0 aliphatic carbocycles. The predicted molar refractivity (Wildman–Crippen MR) is 61.1 cm³/mol. The Bertz CT molecular complexity index is 347. The number of nitrogens with one attached hydrogen (secondary N) is 1. The highest BCUT2D eigenvalue weighted by Crippen LogP contribution is 2.16.